The van der Waals surface area contributed by atoms with Crippen LogP contribution in [0.5, 0.6) is 0 Å². The molecule has 1 unspecified atom stereocenters. The van der Waals surface area contributed by atoms with E-state index < -0.39 is 5.91 Å². The predicted molar refractivity (Wildman–Crippen MR) is 156 cm³/mol. The fourth-order valence-corrected chi connectivity index (χ4v) is 4.49. The van der Waals surface area contributed by atoms with Gasteiger partial charge in [-0.25, -0.2) is 0 Å². The number of amides is 3. The quantitative estimate of drug-likeness (QED) is 0.182. The van der Waals surface area contributed by atoms with Crippen LogP contribution >= 0.6 is 11.8 Å². The second-order valence-electron chi connectivity index (χ2n) is 8.76. The molecule has 0 spiro atoms. The molecule has 4 rings (SSSR count). The fraction of sp³-hybridized carbons (Fsp3) is 0.0968. The summed E-state index contributed by atoms with van der Waals surface area (Å²) in [6.45, 7) is 3.79. The summed E-state index contributed by atoms with van der Waals surface area (Å²) in [5.41, 5.74) is 3.64. The van der Waals surface area contributed by atoms with Crippen molar-refractivity contribution in [2.75, 3.05) is 10.6 Å². The third-order valence-corrected chi connectivity index (χ3v) is 6.74. The zero-order valence-corrected chi connectivity index (χ0v) is 22.4. The van der Waals surface area contributed by atoms with Crippen molar-refractivity contribution >= 4 is 46.9 Å². The fourth-order valence-electron chi connectivity index (χ4n) is 3.62. The Bertz CT molecular complexity index is 1470. The average molecular weight is 537 g/mol. The number of hydrogen-bond acceptors (Lipinski definition) is 5. The van der Waals surface area contributed by atoms with Gasteiger partial charge >= 0.3 is 0 Å². The summed E-state index contributed by atoms with van der Waals surface area (Å²) in [5.74, 6) is -0.953. The summed E-state index contributed by atoms with van der Waals surface area (Å²) < 4.78 is 0. The van der Waals surface area contributed by atoms with Gasteiger partial charge < -0.3 is 16.0 Å². The normalized spacial score (nSPS) is 11.8. The predicted octanol–water partition coefficient (Wildman–Crippen LogP) is 5.92. The second kappa shape index (κ2) is 13.2. The van der Waals surface area contributed by atoms with E-state index in [2.05, 4.69) is 20.9 Å². The van der Waals surface area contributed by atoms with E-state index in [0.717, 1.165) is 16.0 Å². The minimum atomic E-state index is -0.453. The number of thioether (sulfide) groups is 1. The van der Waals surface area contributed by atoms with E-state index in [0.29, 0.717) is 16.9 Å². The van der Waals surface area contributed by atoms with Gasteiger partial charge in [-0.2, -0.15) is 0 Å². The lowest BCUT2D eigenvalue weighted by Crippen LogP contribution is -2.30. The standard InChI is InChI=1S/C31H28N4O3S/c1-21-7-6-8-23(19-21)20-28(35-30(37)24-9-4-3-5-10-24)31(38)34-25-11-13-27(14-12-25)39-22(2)29(36)33-26-15-17-32-18-16-26/h3-20,22H,1-2H3,(H,34,38)(H,35,37)(H,32,33,36)/b28-20-. The molecule has 0 radical (unpaired) electrons. The van der Waals surface area contributed by atoms with Crippen molar-refractivity contribution in [3.63, 3.8) is 0 Å². The number of carbonyl (C=O) groups is 3. The summed E-state index contributed by atoms with van der Waals surface area (Å²) in [5, 5.41) is 8.13. The van der Waals surface area contributed by atoms with Crippen LogP contribution in [-0.2, 0) is 9.59 Å². The molecule has 1 atom stereocenters. The van der Waals surface area contributed by atoms with E-state index in [1.54, 1.807) is 67.0 Å². The number of hydrogen-bond donors (Lipinski definition) is 3. The Morgan fingerprint density at radius 3 is 2.21 bits per heavy atom. The lowest BCUT2D eigenvalue weighted by Gasteiger charge is -2.13. The molecule has 3 aromatic carbocycles. The van der Waals surface area contributed by atoms with Crippen molar-refractivity contribution in [1.82, 2.24) is 10.3 Å². The van der Waals surface area contributed by atoms with E-state index in [-0.39, 0.29) is 22.8 Å². The number of pyridine rings is 1. The SMILES string of the molecule is Cc1cccc(/C=C(\NC(=O)c2ccccc2)C(=O)Nc2ccc(SC(C)C(=O)Nc3ccncc3)cc2)c1. The smallest absolute Gasteiger partial charge is 0.272 e. The largest absolute Gasteiger partial charge is 0.325 e. The van der Waals surface area contributed by atoms with Crippen LogP contribution < -0.4 is 16.0 Å². The number of carbonyl (C=O) groups excluding carboxylic acids is 3. The molecule has 0 fully saturated rings. The molecular weight excluding hydrogens is 508 g/mol. The maximum Gasteiger partial charge on any atom is 0.272 e. The highest BCUT2D eigenvalue weighted by atomic mass is 32.2. The van der Waals surface area contributed by atoms with Gasteiger partial charge in [-0.05, 0) is 74.0 Å². The summed E-state index contributed by atoms with van der Waals surface area (Å²) in [7, 11) is 0. The average Bonchev–Trinajstić information content (AvgIpc) is 2.94. The highest BCUT2D eigenvalue weighted by Gasteiger charge is 2.17. The Kier molecular flexibility index (Phi) is 9.26. The molecule has 7 nitrogen and oxygen atoms in total. The van der Waals surface area contributed by atoms with Crippen molar-refractivity contribution in [3.8, 4) is 0 Å². The van der Waals surface area contributed by atoms with Crippen LogP contribution in [-0.4, -0.2) is 28.0 Å². The van der Waals surface area contributed by atoms with E-state index in [9.17, 15) is 14.4 Å². The van der Waals surface area contributed by atoms with Gasteiger partial charge in [-0.1, -0.05) is 48.0 Å². The maximum absolute atomic E-state index is 13.2. The van der Waals surface area contributed by atoms with Crippen molar-refractivity contribution in [1.29, 1.82) is 0 Å². The van der Waals surface area contributed by atoms with Gasteiger partial charge in [0.05, 0.1) is 5.25 Å². The molecule has 1 aromatic heterocycles. The first-order chi connectivity index (χ1) is 18.9. The van der Waals surface area contributed by atoms with Crippen molar-refractivity contribution < 1.29 is 14.4 Å². The zero-order chi connectivity index (χ0) is 27.6. The number of aromatic nitrogens is 1. The summed E-state index contributed by atoms with van der Waals surface area (Å²) in [4.78, 5) is 43.4. The molecular formula is C31H28N4O3S. The summed E-state index contributed by atoms with van der Waals surface area (Å²) in [6, 6.07) is 27.0. The number of benzene rings is 3. The number of rotatable bonds is 9. The Morgan fingerprint density at radius 2 is 1.51 bits per heavy atom. The number of nitrogens with one attached hydrogen (secondary N) is 3. The Morgan fingerprint density at radius 1 is 0.821 bits per heavy atom. The number of nitrogens with zero attached hydrogens (tertiary/aromatic N) is 1. The van der Waals surface area contributed by atoms with Crippen LogP contribution in [0.3, 0.4) is 0 Å². The molecule has 3 amide bonds. The molecule has 0 saturated heterocycles. The Balaban J connectivity index is 1.43. The van der Waals surface area contributed by atoms with Crippen LogP contribution in [0.1, 0.15) is 28.4 Å². The van der Waals surface area contributed by atoms with E-state index in [4.69, 9.17) is 0 Å². The van der Waals surface area contributed by atoms with Crippen molar-refractivity contribution in [2.45, 2.75) is 24.0 Å². The zero-order valence-electron chi connectivity index (χ0n) is 21.5. The molecule has 0 aliphatic carbocycles. The Labute approximate surface area is 231 Å². The highest BCUT2D eigenvalue weighted by Crippen LogP contribution is 2.26. The molecule has 0 bridgehead atoms. The first-order valence-corrected chi connectivity index (χ1v) is 13.2. The highest BCUT2D eigenvalue weighted by molar-refractivity contribution is 8.00. The van der Waals surface area contributed by atoms with Gasteiger partial charge in [0, 0.05) is 34.2 Å². The molecule has 196 valence electrons. The maximum atomic E-state index is 13.2. The monoisotopic (exact) mass is 536 g/mol. The molecule has 0 aliphatic heterocycles. The van der Waals surface area contributed by atoms with E-state index >= 15 is 0 Å². The minimum Gasteiger partial charge on any atom is -0.325 e. The molecule has 3 N–H and O–H groups in total. The first-order valence-electron chi connectivity index (χ1n) is 12.3. The van der Waals surface area contributed by atoms with Gasteiger partial charge in [0.15, 0.2) is 0 Å². The molecule has 4 aromatic rings. The first kappa shape index (κ1) is 27.3. The third kappa shape index (κ3) is 8.15. The summed E-state index contributed by atoms with van der Waals surface area (Å²) >= 11 is 1.41. The van der Waals surface area contributed by atoms with E-state index in [1.807, 2.05) is 56.3 Å². The van der Waals surface area contributed by atoms with Crippen LogP contribution in [0.15, 0.2) is 114 Å². The van der Waals surface area contributed by atoms with Gasteiger partial charge in [-0.3, -0.25) is 19.4 Å². The van der Waals surface area contributed by atoms with Gasteiger partial charge in [-0.15, -0.1) is 11.8 Å². The molecule has 0 saturated carbocycles. The van der Waals surface area contributed by atoms with Crippen LogP contribution in [0.25, 0.3) is 6.08 Å². The van der Waals surface area contributed by atoms with Crippen molar-refractivity contribution in [2.24, 2.45) is 0 Å². The third-order valence-electron chi connectivity index (χ3n) is 5.62. The van der Waals surface area contributed by atoms with Gasteiger partial charge in [0.2, 0.25) is 5.91 Å². The topological polar surface area (TPSA) is 100 Å². The minimum absolute atomic E-state index is 0.120. The van der Waals surface area contributed by atoms with Crippen LogP contribution in [0, 0.1) is 6.92 Å². The van der Waals surface area contributed by atoms with Crippen molar-refractivity contribution in [3.05, 3.63) is 126 Å². The molecule has 8 heteroatoms. The van der Waals surface area contributed by atoms with Gasteiger partial charge in [0.1, 0.15) is 5.70 Å². The number of aryl methyl sites for hydroxylation is 1. The Hall–Kier alpha value is -4.69. The second-order valence-corrected chi connectivity index (χ2v) is 10.2. The molecule has 1 heterocycles. The lowest BCUT2D eigenvalue weighted by atomic mass is 10.1. The molecule has 39 heavy (non-hydrogen) atoms. The summed E-state index contributed by atoms with van der Waals surface area (Å²) in [6.07, 6.45) is 4.89. The molecule has 0 aliphatic rings. The van der Waals surface area contributed by atoms with Crippen LogP contribution in [0.2, 0.25) is 0 Å². The number of anilines is 2. The van der Waals surface area contributed by atoms with Gasteiger partial charge in [0.25, 0.3) is 11.8 Å². The lowest BCUT2D eigenvalue weighted by molar-refractivity contribution is -0.115. The van der Waals surface area contributed by atoms with E-state index in [1.165, 1.54) is 11.8 Å². The van der Waals surface area contributed by atoms with Crippen LogP contribution in [0.4, 0.5) is 11.4 Å².